The Balaban J connectivity index is 2.22. The minimum atomic E-state index is -0.0116. The summed E-state index contributed by atoms with van der Waals surface area (Å²) in [5.41, 5.74) is 10.7. The van der Waals surface area contributed by atoms with E-state index in [0.717, 1.165) is 27.4 Å². The molecule has 0 saturated heterocycles. The molecule has 0 spiro atoms. The summed E-state index contributed by atoms with van der Waals surface area (Å²) in [6, 6.07) is 13.8. The molecular formula is C18H18N2OS. The highest BCUT2D eigenvalue weighted by Crippen LogP contribution is 2.41. The maximum atomic E-state index is 11.6. The van der Waals surface area contributed by atoms with Gasteiger partial charge in [0, 0.05) is 29.8 Å². The fourth-order valence-corrected chi connectivity index (χ4v) is 3.64. The van der Waals surface area contributed by atoms with Crippen LogP contribution in [0.1, 0.15) is 12.5 Å². The number of nitrogens with two attached hydrogens (primary N) is 1. The number of hydrogen-bond acceptors (Lipinski definition) is 3. The molecule has 1 aromatic carbocycles. The topological polar surface area (TPSA) is 48.0 Å². The van der Waals surface area contributed by atoms with Crippen molar-refractivity contribution in [2.24, 2.45) is 7.05 Å². The first kappa shape index (κ1) is 14.6. The predicted octanol–water partition coefficient (Wildman–Crippen LogP) is 3.93. The molecule has 0 bridgehead atoms. The second-order valence-electron chi connectivity index (χ2n) is 5.27. The highest BCUT2D eigenvalue weighted by molar-refractivity contribution is 7.19. The van der Waals surface area contributed by atoms with Crippen LogP contribution < -0.4 is 11.3 Å². The second-order valence-corrected chi connectivity index (χ2v) is 6.35. The number of nitrogens with zero attached hydrogens (tertiary/aromatic N) is 1. The molecule has 0 radical (unpaired) electrons. The molecule has 2 N–H and O–H groups in total. The Morgan fingerprint density at radius 2 is 1.91 bits per heavy atom. The maximum absolute atomic E-state index is 11.6. The summed E-state index contributed by atoms with van der Waals surface area (Å²) in [4.78, 5) is 12.8. The molecule has 2 aromatic heterocycles. The van der Waals surface area contributed by atoms with E-state index < -0.39 is 0 Å². The normalized spacial score (nSPS) is 10.8. The van der Waals surface area contributed by atoms with E-state index in [9.17, 15) is 4.79 Å². The third-order valence-electron chi connectivity index (χ3n) is 3.79. The van der Waals surface area contributed by atoms with E-state index in [2.05, 4.69) is 31.2 Å². The molecule has 22 heavy (non-hydrogen) atoms. The summed E-state index contributed by atoms with van der Waals surface area (Å²) in [5, 5.41) is 0.782. The van der Waals surface area contributed by atoms with Crippen molar-refractivity contribution in [2.45, 2.75) is 13.3 Å². The highest BCUT2D eigenvalue weighted by atomic mass is 32.1. The third kappa shape index (κ3) is 2.57. The van der Waals surface area contributed by atoms with Gasteiger partial charge in [0.25, 0.3) is 0 Å². The van der Waals surface area contributed by atoms with Crippen LogP contribution in [0.3, 0.4) is 0 Å². The lowest BCUT2D eigenvalue weighted by molar-refractivity contribution is 0.862. The number of anilines is 1. The van der Waals surface area contributed by atoms with Gasteiger partial charge in [0.05, 0.1) is 5.00 Å². The average molecular weight is 310 g/mol. The van der Waals surface area contributed by atoms with Crippen molar-refractivity contribution >= 4 is 16.3 Å². The summed E-state index contributed by atoms with van der Waals surface area (Å²) in [7, 11) is 1.77. The van der Waals surface area contributed by atoms with Crippen LogP contribution in [0.25, 0.3) is 21.6 Å². The molecule has 3 aromatic rings. The Labute approximate surface area is 133 Å². The fourth-order valence-electron chi connectivity index (χ4n) is 2.63. The van der Waals surface area contributed by atoms with Crippen LogP contribution in [0.15, 0.2) is 53.5 Å². The lowest BCUT2D eigenvalue weighted by Crippen LogP contribution is -2.13. The van der Waals surface area contributed by atoms with Gasteiger partial charge in [-0.3, -0.25) is 4.79 Å². The molecule has 0 atom stereocenters. The van der Waals surface area contributed by atoms with Crippen LogP contribution in [0.4, 0.5) is 5.00 Å². The van der Waals surface area contributed by atoms with E-state index in [1.165, 1.54) is 11.1 Å². The lowest BCUT2D eigenvalue weighted by atomic mass is 9.99. The summed E-state index contributed by atoms with van der Waals surface area (Å²) in [5.74, 6) is 0. The van der Waals surface area contributed by atoms with Crippen LogP contribution in [-0.4, -0.2) is 4.57 Å². The third-order valence-corrected chi connectivity index (χ3v) is 4.79. The quantitative estimate of drug-likeness (QED) is 0.797. The van der Waals surface area contributed by atoms with E-state index in [-0.39, 0.29) is 5.56 Å². The molecule has 0 aliphatic rings. The Morgan fingerprint density at radius 3 is 2.64 bits per heavy atom. The van der Waals surface area contributed by atoms with Gasteiger partial charge in [-0.15, -0.1) is 11.3 Å². The average Bonchev–Trinajstić information content (AvgIpc) is 2.91. The van der Waals surface area contributed by atoms with E-state index in [0.29, 0.717) is 0 Å². The molecule has 2 heterocycles. The maximum Gasteiger partial charge on any atom is 0.250 e. The number of aryl methyl sites for hydroxylation is 2. The number of aromatic nitrogens is 1. The number of thiophene rings is 1. The Bertz CT molecular complexity index is 877. The first-order valence-electron chi connectivity index (χ1n) is 7.24. The molecule has 3 rings (SSSR count). The highest BCUT2D eigenvalue weighted by Gasteiger charge is 2.14. The first-order chi connectivity index (χ1) is 10.6. The summed E-state index contributed by atoms with van der Waals surface area (Å²) in [6.07, 6.45) is 2.84. The summed E-state index contributed by atoms with van der Waals surface area (Å²) in [6.45, 7) is 2.15. The zero-order valence-electron chi connectivity index (χ0n) is 12.7. The molecule has 112 valence electrons. The van der Waals surface area contributed by atoms with Crippen LogP contribution >= 0.6 is 11.3 Å². The molecule has 4 heteroatoms. The van der Waals surface area contributed by atoms with Gasteiger partial charge < -0.3 is 10.3 Å². The van der Waals surface area contributed by atoms with Crippen LogP contribution in [0.2, 0.25) is 0 Å². The van der Waals surface area contributed by atoms with E-state index in [1.54, 1.807) is 29.0 Å². The number of nitrogen functional groups attached to an aromatic ring is 1. The van der Waals surface area contributed by atoms with Crippen molar-refractivity contribution in [3.8, 4) is 21.6 Å². The van der Waals surface area contributed by atoms with Crippen LogP contribution in [0, 0.1) is 0 Å². The van der Waals surface area contributed by atoms with Crippen molar-refractivity contribution in [1.82, 2.24) is 4.57 Å². The molecule has 0 fully saturated rings. The standard InChI is InChI=1S/C18H18N2OS/c1-3-12-6-4-5-7-14(12)18-15(10-16(19)22-18)13-8-9-17(21)20(2)11-13/h4-11H,3,19H2,1-2H3. The van der Waals surface area contributed by atoms with Gasteiger partial charge in [-0.2, -0.15) is 0 Å². The molecule has 3 nitrogen and oxygen atoms in total. The molecule has 0 amide bonds. The number of benzene rings is 1. The zero-order chi connectivity index (χ0) is 15.7. The largest absolute Gasteiger partial charge is 0.391 e. The summed E-state index contributed by atoms with van der Waals surface area (Å²) < 4.78 is 1.60. The van der Waals surface area contributed by atoms with Crippen LogP contribution in [0.5, 0.6) is 0 Å². The van der Waals surface area contributed by atoms with Gasteiger partial charge >= 0.3 is 0 Å². The zero-order valence-corrected chi connectivity index (χ0v) is 13.5. The molecule has 0 unspecified atom stereocenters. The minimum Gasteiger partial charge on any atom is -0.391 e. The van der Waals surface area contributed by atoms with Crippen molar-refractivity contribution in [3.63, 3.8) is 0 Å². The van der Waals surface area contributed by atoms with E-state index in [4.69, 9.17) is 5.73 Å². The van der Waals surface area contributed by atoms with Crippen molar-refractivity contribution in [2.75, 3.05) is 5.73 Å². The SMILES string of the molecule is CCc1ccccc1-c1sc(N)cc1-c1ccc(=O)n(C)c1. The number of rotatable bonds is 3. The second kappa shape index (κ2) is 5.81. The Hall–Kier alpha value is -2.33. The Morgan fingerprint density at radius 1 is 1.14 bits per heavy atom. The first-order valence-corrected chi connectivity index (χ1v) is 8.06. The predicted molar refractivity (Wildman–Crippen MR) is 94.2 cm³/mol. The van der Waals surface area contributed by atoms with Gasteiger partial charge in [-0.1, -0.05) is 31.2 Å². The molecule has 0 aliphatic heterocycles. The van der Waals surface area contributed by atoms with Gasteiger partial charge in [0.2, 0.25) is 5.56 Å². The molecule has 0 aliphatic carbocycles. The summed E-state index contributed by atoms with van der Waals surface area (Å²) >= 11 is 1.59. The van der Waals surface area contributed by atoms with Gasteiger partial charge in [-0.05, 0) is 35.2 Å². The monoisotopic (exact) mass is 310 g/mol. The minimum absolute atomic E-state index is 0.0116. The smallest absolute Gasteiger partial charge is 0.250 e. The lowest BCUT2D eigenvalue weighted by Gasteiger charge is -2.09. The van der Waals surface area contributed by atoms with Crippen LogP contribution in [-0.2, 0) is 13.5 Å². The van der Waals surface area contributed by atoms with E-state index >= 15 is 0 Å². The van der Waals surface area contributed by atoms with Crippen molar-refractivity contribution in [1.29, 1.82) is 0 Å². The fraction of sp³-hybridized carbons (Fsp3) is 0.167. The van der Waals surface area contributed by atoms with Gasteiger partial charge in [0.15, 0.2) is 0 Å². The van der Waals surface area contributed by atoms with Gasteiger partial charge in [0.1, 0.15) is 0 Å². The Kier molecular flexibility index (Phi) is 3.86. The van der Waals surface area contributed by atoms with Crippen molar-refractivity contribution < 1.29 is 0 Å². The molecule has 0 saturated carbocycles. The molecular weight excluding hydrogens is 292 g/mol. The van der Waals surface area contributed by atoms with E-state index in [1.807, 2.05) is 18.3 Å². The number of pyridine rings is 1. The van der Waals surface area contributed by atoms with Crippen molar-refractivity contribution in [3.05, 3.63) is 64.6 Å². The van der Waals surface area contributed by atoms with Gasteiger partial charge in [-0.25, -0.2) is 0 Å². The number of hydrogen-bond donors (Lipinski definition) is 1.